The van der Waals surface area contributed by atoms with Crippen LogP contribution in [-0.2, 0) is 21.2 Å². The van der Waals surface area contributed by atoms with Gasteiger partial charge in [0.15, 0.2) is 0 Å². The Hall–Kier alpha value is -2.49. The number of benzene rings is 2. The van der Waals surface area contributed by atoms with Crippen molar-refractivity contribution in [3.8, 4) is 0 Å². The molecule has 6 nitrogen and oxygen atoms in total. The molecular weight excluding hydrogens is 549 g/mol. The third-order valence-corrected chi connectivity index (χ3v) is 9.98. The average molecular weight is 575 g/mol. The van der Waals surface area contributed by atoms with E-state index >= 15 is 0 Å². The van der Waals surface area contributed by atoms with Crippen LogP contribution in [0.2, 0.25) is 10.0 Å². The first-order valence-electron chi connectivity index (χ1n) is 12.0. The summed E-state index contributed by atoms with van der Waals surface area (Å²) >= 11 is 14.4. The summed E-state index contributed by atoms with van der Waals surface area (Å²) < 4.78 is 28.9. The van der Waals surface area contributed by atoms with Crippen molar-refractivity contribution in [2.45, 2.75) is 30.7 Å². The van der Waals surface area contributed by atoms with E-state index in [1.807, 2.05) is 36.6 Å². The average Bonchev–Trinajstić information content (AvgIpc) is 3.37. The Morgan fingerprint density at radius 3 is 2.73 bits per heavy atom. The van der Waals surface area contributed by atoms with Crippen molar-refractivity contribution in [1.82, 2.24) is 14.2 Å². The molecule has 5 rings (SSSR count). The Kier molecular flexibility index (Phi) is 7.56. The van der Waals surface area contributed by atoms with Crippen molar-refractivity contribution in [3.05, 3.63) is 92.2 Å². The molecule has 3 heterocycles. The highest BCUT2D eigenvalue weighted by Gasteiger charge is 2.36. The van der Waals surface area contributed by atoms with Gasteiger partial charge in [0.2, 0.25) is 15.9 Å². The molecule has 0 saturated heterocycles. The van der Waals surface area contributed by atoms with E-state index in [-0.39, 0.29) is 23.9 Å². The first-order chi connectivity index (χ1) is 17.8. The fourth-order valence-corrected chi connectivity index (χ4v) is 7.91. The number of nitrogens with zero attached hydrogens (tertiary/aromatic N) is 3. The van der Waals surface area contributed by atoms with E-state index in [1.165, 1.54) is 9.18 Å². The van der Waals surface area contributed by atoms with Gasteiger partial charge in [0.1, 0.15) is 4.90 Å². The second-order valence-electron chi connectivity index (χ2n) is 8.87. The van der Waals surface area contributed by atoms with Crippen LogP contribution >= 0.6 is 34.5 Å². The Bertz CT molecular complexity index is 1570. The number of carbonyl (C=O) groups excluding carboxylic acids is 1. The Balaban J connectivity index is 1.51. The molecule has 37 heavy (non-hydrogen) atoms. The SMILES string of the molecule is CCCN(CC(=O)N1CCc2sccc2[C@@H]1c1ccc(Cl)cc1Cl)S(=O)(=O)c1cccc2cccnc12. The lowest BCUT2D eigenvalue weighted by Crippen LogP contribution is -2.47. The van der Waals surface area contributed by atoms with Gasteiger partial charge in [0, 0.05) is 39.6 Å². The molecule has 0 spiro atoms. The molecule has 0 bridgehead atoms. The molecule has 4 aromatic rings. The lowest BCUT2D eigenvalue weighted by atomic mass is 9.93. The first-order valence-corrected chi connectivity index (χ1v) is 15.0. The molecule has 1 amide bonds. The zero-order valence-electron chi connectivity index (χ0n) is 20.1. The standard InChI is InChI=1S/C27H25Cl2N3O3S2/c1-2-13-31(37(34,35)24-7-3-5-18-6-4-12-30-26(18)24)17-25(33)32-14-10-23-21(11-15-36-23)27(32)20-9-8-19(28)16-22(20)29/h3-9,11-12,15-16,27H,2,10,13-14,17H2,1H3/t27-/m0/s1. The van der Waals surface area contributed by atoms with Gasteiger partial charge in [-0.25, -0.2) is 8.42 Å². The highest BCUT2D eigenvalue weighted by molar-refractivity contribution is 7.89. The summed E-state index contributed by atoms with van der Waals surface area (Å²) in [7, 11) is -3.99. The molecule has 0 fully saturated rings. The molecule has 2 aromatic heterocycles. The summed E-state index contributed by atoms with van der Waals surface area (Å²) in [5.74, 6) is -0.280. The number of carbonyl (C=O) groups is 1. The monoisotopic (exact) mass is 573 g/mol. The van der Waals surface area contributed by atoms with Gasteiger partial charge in [-0.05, 0) is 59.7 Å². The summed E-state index contributed by atoms with van der Waals surface area (Å²) in [4.78, 5) is 21.2. The maximum Gasteiger partial charge on any atom is 0.245 e. The maximum absolute atomic E-state index is 13.9. The molecule has 1 aliphatic heterocycles. The number of rotatable bonds is 7. The van der Waals surface area contributed by atoms with Crippen LogP contribution in [0.15, 0.2) is 71.1 Å². The molecule has 10 heteroatoms. The van der Waals surface area contributed by atoms with Crippen molar-refractivity contribution in [2.24, 2.45) is 0 Å². The van der Waals surface area contributed by atoms with Crippen molar-refractivity contribution >= 4 is 61.4 Å². The van der Waals surface area contributed by atoms with E-state index in [9.17, 15) is 13.2 Å². The second-order valence-corrected chi connectivity index (χ2v) is 12.6. The number of hydrogen-bond donors (Lipinski definition) is 0. The molecule has 0 aliphatic carbocycles. The number of fused-ring (bicyclic) bond motifs is 2. The quantitative estimate of drug-likeness (QED) is 0.265. The highest BCUT2D eigenvalue weighted by atomic mass is 35.5. The Morgan fingerprint density at radius 2 is 1.95 bits per heavy atom. The largest absolute Gasteiger partial charge is 0.330 e. The highest BCUT2D eigenvalue weighted by Crippen LogP contribution is 2.41. The predicted molar refractivity (Wildman–Crippen MR) is 149 cm³/mol. The van der Waals surface area contributed by atoms with Gasteiger partial charge in [-0.3, -0.25) is 9.78 Å². The normalized spacial score (nSPS) is 15.8. The number of hydrogen-bond acceptors (Lipinski definition) is 5. The second kappa shape index (κ2) is 10.7. The van der Waals surface area contributed by atoms with E-state index in [1.54, 1.807) is 52.8 Å². The van der Waals surface area contributed by atoms with Crippen LogP contribution in [0.4, 0.5) is 0 Å². The summed E-state index contributed by atoms with van der Waals surface area (Å²) in [6.07, 6.45) is 2.84. The summed E-state index contributed by atoms with van der Waals surface area (Å²) in [5, 5.41) is 3.72. The van der Waals surface area contributed by atoms with E-state index < -0.39 is 16.1 Å². The lowest BCUT2D eigenvalue weighted by Gasteiger charge is -2.37. The molecule has 192 valence electrons. The van der Waals surface area contributed by atoms with Gasteiger partial charge in [0.05, 0.1) is 18.1 Å². The fraction of sp³-hybridized carbons (Fsp3) is 0.259. The maximum atomic E-state index is 13.9. The number of pyridine rings is 1. The molecule has 0 unspecified atom stereocenters. The van der Waals surface area contributed by atoms with Gasteiger partial charge in [-0.15, -0.1) is 11.3 Å². The fourth-order valence-electron chi connectivity index (χ4n) is 4.84. The zero-order valence-corrected chi connectivity index (χ0v) is 23.2. The van der Waals surface area contributed by atoms with E-state index in [0.717, 1.165) is 16.5 Å². The molecule has 0 N–H and O–H groups in total. The topological polar surface area (TPSA) is 70.6 Å². The Morgan fingerprint density at radius 1 is 1.14 bits per heavy atom. The summed E-state index contributed by atoms with van der Waals surface area (Å²) in [6, 6.07) is 15.5. The van der Waals surface area contributed by atoms with Crippen LogP contribution < -0.4 is 0 Å². The molecule has 2 aromatic carbocycles. The van der Waals surface area contributed by atoms with E-state index in [0.29, 0.717) is 34.9 Å². The van der Waals surface area contributed by atoms with Crippen molar-refractivity contribution in [3.63, 3.8) is 0 Å². The van der Waals surface area contributed by atoms with Crippen LogP contribution in [0.25, 0.3) is 10.9 Å². The number of aromatic nitrogens is 1. The number of thiophene rings is 1. The third-order valence-electron chi connectivity index (χ3n) is 6.54. The van der Waals surface area contributed by atoms with Crippen LogP contribution in [0, 0.1) is 0 Å². The molecule has 0 saturated carbocycles. The number of sulfonamides is 1. The van der Waals surface area contributed by atoms with Crippen LogP contribution in [0.3, 0.4) is 0 Å². The predicted octanol–water partition coefficient (Wildman–Crippen LogP) is 6.18. The van der Waals surface area contributed by atoms with Crippen molar-refractivity contribution in [1.29, 1.82) is 0 Å². The minimum atomic E-state index is -3.99. The minimum absolute atomic E-state index is 0.0999. The summed E-state index contributed by atoms with van der Waals surface area (Å²) in [6.45, 7) is 2.29. The van der Waals surface area contributed by atoms with Gasteiger partial charge < -0.3 is 4.90 Å². The van der Waals surface area contributed by atoms with Crippen LogP contribution in [0.1, 0.15) is 35.4 Å². The zero-order chi connectivity index (χ0) is 26.2. The smallest absolute Gasteiger partial charge is 0.245 e. The first kappa shape index (κ1) is 26.1. The van der Waals surface area contributed by atoms with Gasteiger partial charge >= 0.3 is 0 Å². The number of halogens is 2. The number of amides is 1. The Labute approximate surface area is 230 Å². The van der Waals surface area contributed by atoms with Crippen molar-refractivity contribution < 1.29 is 13.2 Å². The van der Waals surface area contributed by atoms with Crippen LogP contribution in [0.5, 0.6) is 0 Å². The molecule has 1 aliphatic rings. The molecule has 0 radical (unpaired) electrons. The van der Waals surface area contributed by atoms with Gasteiger partial charge in [-0.1, -0.05) is 54.4 Å². The van der Waals surface area contributed by atoms with Gasteiger partial charge in [-0.2, -0.15) is 4.31 Å². The van der Waals surface area contributed by atoms with E-state index in [2.05, 4.69) is 4.98 Å². The summed E-state index contributed by atoms with van der Waals surface area (Å²) in [5.41, 5.74) is 2.17. The van der Waals surface area contributed by atoms with Gasteiger partial charge in [0.25, 0.3) is 0 Å². The van der Waals surface area contributed by atoms with E-state index in [4.69, 9.17) is 23.2 Å². The third kappa shape index (κ3) is 5.01. The molecule has 1 atom stereocenters. The lowest BCUT2D eigenvalue weighted by molar-refractivity contribution is -0.133. The van der Waals surface area contributed by atoms with Crippen LogP contribution in [-0.4, -0.2) is 48.1 Å². The molecular formula is C27H25Cl2N3O3S2. The van der Waals surface area contributed by atoms with Crippen molar-refractivity contribution in [2.75, 3.05) is 19.6 Å². The number of para-hydroxylation sites is 1. The minimum Gasteiger partial charge on any atom is -0.330 e.